The highest BCUT2D eigenvalue weighted by molar-refractivity contribution is 7.26. The Hall–Kier alpha value is -7.21. The van der Waals surface area contributed by atoms with Gasteiger partial charge in [-0.3, -0.25) is 0 Å². The predicted molar refractivity (Wildman–Crippen MR) is 233 cm³/mol. The Morgan fingerprint density at radius 1 is 0.357 bits per heavy atom. The van der Waals surface area contributed by atoms with Crippen molar-refractivity contribution in [1.82, 2.24) is 15.0 Å². The van der Waals surface area contributed by atoms with Crippen LogP contribution >= 0.6 is 11.3 Å². The smallest absolute Gasteiger partial charge is 0.167 e. The molecule has 0 saturated carbocycles. The Bertz CT molecular complexity index is 3240. The minimum atomic E-state index is 0.567. The molecular formula is C51H31N3OS. The Balaban J connectivity index is 1.08. The molecule has 0 unspecified atom stereocenters. The number of thiophene rings is 1. The van der Waals surface area contributed by atoms with E-state index in [1.807, 2.05) is 36.4 Å². The van der Waals surface area contributed by atoms with Crippen molar-refractivity contribution in [2.45, 2.75) is 0 Å². The number of aromatic nitrogens is 3. The van der Waals surface area contributed by atoms with E-state index in [-0.39, 0.29) is 0 Å². The van der Waals surface area contributed by atoms with Gasteiger partial charge in [-0.15, -0.1) is 11.3 Å². The second kappa shape index (κ2) is 13.3. The highest BCUT2D eigenvalue weighted by atomic mass is 32.1. The summed E-state index contributed by atoms with van der Waals surface area (Å²) in [6.45, 7) is 0. The standard InChI is InChI=1S/C51H31N3OS/c1-4-14-32(15-5-1)35-20-10-21-36(30-35)37-28-29-44-43(31-37)39-23-11-25-41(47(39)55-44)50-52-49(34-18-8-3-9-19-34)53-51(54-50)42-26-12-24-40-46-38(33-16-6-2-7-17-33)22-13-27-45(46)56-48(40)42/h1-31H. The maximum Gasteiger partial charge on any atom is 0.167 e. The molecule has 4 nitrogen and oxygen atoms in total. The van der Waals surface area contributed by atoms with Crippen molar-refractivity contribution in [1.29, 1.82) is 0 Å². The highest BCUT2D eigenvalue weighted by Gasteiger charge is 2.21. The first kappa shape index (κ1) is 32.2. The van der Waals surface area contributed by atoms with Crippen molar-refractivity contribution in [2.24, 2.45) is 0 Å². The molecule has 0 aliphatic carbocycles. The molecule has 0 aliphatic rings. The quantitative estimate of drug-likeness (QED) is 0.171. The molecule has 8 aromatic carbocycles. The molecule has 0 spiro atoms. The fourth-order valence-electron chi connectivity index (χ4n) is 7.88. The summed E-state index contributed by atoms with van der Waals surface area (Å²) in [6.07, 6.45) is 0. The summed E-state index contributed by atoms with van der Waals surface area (Å²) in [5, 5.41) is 4.50. The average Bonchev–Trinajstić information content (AvgIpc) is 3.86. The van der Waals surface area contributed by atoms with E-state index in [1.165, 1.54) is 37.7 Å². The Morgan fingerprint density at radius 3 is 1.68 bits per heavy atom. The van der Waals surface area contributed by atoms with Gasteiger partial charge in [-0.25, -0.2) is 15.0 Å². The third-order valence-electron chi connectivity index (χ3n) is 10.6. The minimum Gasteiger partial charge on any atom is -0.455 e. The van der Waals surface area contributed by atoms with Crippen LogP contribution in [0, 0.1) is 0 Å². The predicted octanol–water partition coefficient (Wildman–Crippen LogP) is 14.1. The Kier molecular flexibility index (Phi) is 7.64. The van der Waals surface area contributed by atoms with Gasteiger partial charge in [0, 0.05) is 42.1 Å². The van der Waals surface area contributed by atoms with E-state index in [0.717, 1.165) is 54.5 Å². The van der Waals surface area contributed by atoms with Crippen molar-refractivity contribution in [3.05, 3.63) is 188 Å². The number of fused-ring (bicyclic) bond motifs is 6. The highest BCUT2D eigenvalue weighted by Crippen LogP contribution is 2.44. The van der Waals surface area contributed by atoms with Crippen LogP contribution in [0.2, 0.25) is 0 Å². The molecule has 0 bridgehead atoms. The topological polar surface area (TPSA) is 51.8 Å². The first-order valence-electron chi connectivity index (χ1n) is 18.7. The van der Waals surface area contributed by atoms with Crippen molar-refractivity contribution in [3.8, 4) is 67.5 Å². The SMILES string of the molecule is c1ccc(-c2cccc(-c3ccc4oc5c(-c6nc(-c7ccccc7)nc(-c7cccc8c7sc7cccc(-c9ccccc9)c78)n6)cccc5c4c3)c2)cc1. The largest absolute Gasteiger partial charge is 0.455 e. The van der Waals surface area contributed by atoms with E-state index in [9.17, 15) is 0 Å². The van der Waals surface area contributed by atoms with Gasteiger partial charge in [0.2, 0.25) is 0 Å². The minimum absolute atomic E-state index is 0.567. The van der Waals surface area contributed by atoms with Crippen LogP contribution < -0.4 is 0 Å². The summed E-state index contributed by atoms with van der Waals surface area (Å²) >= 11 is 1.78. The van der Waals surface area contributed by atoms with Crippen molar-refractivity contribution < 1.29 is 4.42 Å². The van der Waals surface area contributed by atoms with Crippen LogP contribution in [0.3, 0.4) is 0 Å². The molecule has 5 heteroatoms. The van der Waals surface area contributed by atoms with Gasteiger partial charge in [-0.2, -0.15) is 0 Å². The van der Waals surface area contributed by atoms with Crippen LogP contribution in [0.25, 0.3) is 110 Å². The molecule has 56 heavy (non-hydrogen) atoms. The molecule has 0 amide bonds. The third-order valence-corrected chi connectivity index (χ3v) is 11.8. The van der Waals surface area contributed by atoms with Crippen LogP contribution in [-0.2, 0) is 0 Å². The van der Waals surface area contributed by atoms with Crippen LogP contribution in [-0.4, -0.2) is 15.0 Å². The molecule has 262 valence electrons. The maximum absolute atomic E-state index is 6.68. The van der Waals surface area contributed by atoms with Crippen molar-refractivity contribution in [2.75, 3.05) is 0 Å². The lowest BCUT2D eigenvalue weighted by Crippen LogP contribution is -2.00. The van der Waals surface area contributed by atoms with Crippen LogP contribution in [0.15, 0.2) is 192 Å². The monoisotopic (exact) mass is 733 g/mol. The average molecular weight is 734 g/mol. The molecule has 11 aromatic rings. The number of para-hydroxylation sites is 1. The molecule has 0 N–H and O–H groups in total. The van der Waals surface area contributed by atoms with E-state index >= 15 is 0 Å². The van der Waals surface area contributed by atoms with Gasteiger partial charge in [-0.05, 0) is 69.8 Å². The second-order valence-corrected chi connectivity index (χ2v) is 15.0. The summed E-state index contributed by atoms with van der Waals surface area (Å²) < 4.78 is 9.05. The maximum atomic E-state index is 6.68. The van der Waals surface area contributed by atoms with Gasteiger partial charge < -0.3 is 4.42 Å². The summed E-state index contributed by atoms with van der Waals surface area (Å²) in [6, 6.07) is 65.6. The van der Waals surface area contributed by atoms with Crippen LogP contribution in [0.1, 0.15) is 0 Å². The van der Waals surface area contributed by atoms with E-state index in [2.05, 4.69) is 152 Å². The number of benzene rings is 8. The zero-order valence-corrected chi connectivity index (χ0v) is 30.9. The van der Waals surface area contributed by atoms with Gasteiger partial charge >= 0.3 is 0 Å². The summed E-state index contributed by atoms with van der Waals surface area (Å²) in [5.74, 6) is 1.81. The fourth-order valence-corrected chi connectivity index (χ4v) is 9.12. The number of nitrogens with zero attached hydrogens (tertiary/aromatic N) is 3. The second-order valence-electron chi connectivity index (χ2n) is 13.9. The van der Waals surface area contributed by atoms with E-state index in [1.54, 1.807) is 11.3 Å². The van der Waals surface area contributed by atoms with Gasteiger partial charge in [-0.1, -0.05) is 152 Å². The Labute approximate surface area is 327 Å². The van der Waals surface area contributed by atoms with Gasteiger partial charge in [0.25, 0.3) is 0 Å². The fraction of sp³-hybridized carbons (Fsp3) is 0. The van der Waals surface area contributed by atoms with Crippen molar-refractivity contribution in [3.63, 3.8) is 0 Å². The zero-order valence-electron chi connectivity index (χ0n) is 30.1. The van der Waals surface area contributed by atoms with Crippen LogP contribution in [0.5, 0.6) is 0 Å². The molecule has 0 radical (unpaired) electrons. The molecular weight excluding hydrogens is 703 g/mol. The summed E-state index contributed by atoms with van der Waals surface area (Å²) in [7, 11) is 0. The third kappa shape index (κ3) is 5.48. The number of hydrogen-bond acceptors (Lipinski definition) is 5. The molecule has 0 atom stereocenters. The Morgan fingerprint density at radius 2 is 0.911 bits per heavy atom. The van der Waals surface area contributed by atoms with E-state index in [4.69, 9.17) is 19.4 Å². The number of rotatable bonds is 6. The van der Waals surface area contributed by atoms with Gasteiger partial charge in [0.05, 0.1) is 5.56 Å². The molecule has 3 heterocycles. The van der Waals surface area contributed by atoms with Gasteiger partial charge in [0.1, 0.15) is 11.2 Å². The van der Waals surface area contributed by atoms with E-state index < -0.39 is 0 Å². The first-order chi connectivity index (χ1) is 27.7. The summed E-state index contributed by atoms with van der Waals surface area (Å²) in [4.78, 5) is 15.5. The summed E-state index contributed by atoms with van der Waals surface area (Å²) in [5.41, 5.74) is 11.4. The molecule has 0 saturated heterocycles. The lowest BCUT2D eigenvalue weighted by Gasteiger charge is -2.09. The lowest BCUT2D eigenvalue weighted by atomic mass is 9.98. The first-order valence-corrected chi connectivity index (χ1v) is 19.5. The molecule has 0 fully saturated rings. The van der Waals surface area contributed by atoms with Gasteiger partial charge in [0.15, 0.2) is 17.5 Å². The van der Waals surface area contributed by atoms with E-state index in [0.29, 0.717) is 17.5 Å². The van der Waals surface area contributed by atoms with Crippen molar-refractivity contribution >= 4 is 53.4 Å². The zero-order chi connectivity index (χ0) is 37.0. The normalized spacial score (nSPS) is 11.6. The lowest BCUT2D eigenvalue weighted by molar-refractivity contribution is 0.669. The molecule has 3 aromatic heterocycles. The molecule has 0 aliphatic heterocycles. The number of hydrogen-bond donors (Lipinski definition) is 0. The van der Waals surface area contributed by atoms with Crippen LogP contribution in [0.4, 0.5) is 0 Å². The number of furan rings is 1. The molecule has 11 rings (SSSR count).